The molecule has 1 heterocycles. The first-order valence-corrected chi connectivity index (χ1v) is 8.58. The predicted octanol–water partition coefficient (Wildman–Crippen LogP) is 2.02. The standard InChI is InChI=1S/C19H27BN4O/c1-12-7-13(2)11-24(10-12)15(4)17-8-16(20)5-6-18(17)23-14(3)9-22-19(21)25/h5-6,8,12-13,23H,3-4,7,9-11H2,1-2H3,(H3,21,22,25)/t12-,13+. The number of carbonyl (C=O) groups excluding carboxylic acids is 1. The van der Waals surface area contributed by atoms with Crippen LogP contribution in [0.2, 0.25) is 0 Å². The Morgan fingerprint density at radius 3 is 2.56 bits per heavy atom. The third-order valence-electron chi connectivity index (χ3n) is 4.39. The van der Waals surface area contributed by atoms with Crippen molar-refractivity contribution < 1.29 is 4.79 Å². The number of urea groups is 1. The van der Waals surface area contributed by atoms with Gasteiger partial charge in [-0.05, 0) is 24.3 Å². The van der Waals surface area contributed by atoms with E-state index in [1.165, 1.54) is 6.42 Å². The molecule has 0 aliphatic carbocycles. The summed E-state index contributed by atoms with van der Waals surface area (Å²) in [6.45, 7) is 15.0. The Morgan fingerprint density at radius 2 is 1.96 bits per heavy atom. The van der Waals surface area contributed by atoms with Crippen molar-refractivity contribution in [2.24, 2.45) is 17.6 Å². The fourth-order valence-electron chi connectivity index (χ4n) is 3.39. The Morgan fingerprint density at radius 1 is 1.32 bits per heavy atom. The number of amides is 2. The molecule has 2 atom stereocenters. The van der Waals surface area contributed by atoms with E-state index in [1.807, 2.05) is 18.2 Å². The lowest BCUT2D eigenvalue weighted by Gasteiger charge is -2.38. The SMILES string of the molecule is [B]c1ccc(NC(=C)CNC(N)=O)c(C(=C)N2C[C@H](C)C[C@H](C)C2)c1. The van der Waals surface area contributed by atoms with Gasteiger partial charge in [0.1, 0.15) is 7.85 Å². The average Bonchev–Trinajstić information content (AvgIpc) is 2.53. The highest BCUT2D eigenvalue weighted by Crippen LogP contribution is 2.31. The van der Waals surface area contributed by atoms with Crippen molar-refractivity contribution in [1.29, 1.82) is 0 Å². The largest absolute Gasteiger partial charge is 0.371 e. The quantitative estimate of drug-likeness (QED) is 0.695. The van der Waals surface area contributed by atoms with E-state index in [4.69, 9.17) is 13.6 Å². The maximum absolute atomic E-state index is 10.8. The van der Waals surface area contributed by atoms with Gasteiger partial charge in [-0.1, -0.05) is 44.6 Å². The number of nitrogens with zero attached hydrogens (tertiary/aromatic N) is 1. The maximum atomic E-state index is 10.8. The second kappa shape index (κ2) is 8.14. The minimum atomic E-state index is -0.582. The molecule has 4 N–H and O–H groups in total. The summed E-state index contributed by atoms with van der Waals surface area (Å²) in [7, 11) is 6.00. The third-order valence-corrected chi connectivity index (χ3v) is 4.39. The van der Waals surface area contributed by atoms with Crippen molar-refractivity contribution in [3.05, 3.63) is 42.6 Å². The minimum Gasteiger partial charge on any atom is -0.371 e. The first-order valence-electron chi connectivity index (χ1n) is 8.58. The van der Waals surface area contributed by atoms with E-state index in [9.17, 15) is 4.79 Å². The number of hydrogen-bond acceptors (Lipinski definition) is 3. The second-order valence-corrected chi connectivity index (χ2v) is 7.05. The highest BCUT2D eigenvalue weighted by atomic mass is 16.2. The zero-order chi connectivity index (χ0) is 18.6. The molecule has 0 unspecified atom stereocenters. The molecule has 5 nitrogen and oxygen atoms in total. The molecule has 1 saturated heterocycles. The topological polar surface area (TPSA) is 70.4 Å². The van der Waals surface area contributed by atoms with Gasteiger partial charge in [0.25, 0.3) is 0 Å². The summed E-state index contributed by atoms with van der Waals surface area (Å²) in [6, 6.07) is 5.07. The van der Waals surface area contributed by atoms with Gasteiger partial charge in [0.2, 0.25) is 0 Å². The van der Waals surface area contributed by atoms with Gasteiger partial charge in [0.05, 0.1) is 6.54 Å². The van der Waals surface area contributed by atoms with Crippen molar-refractivity contribution in [2.45, 2.75) is 20.3 Å². The molecule has 2 rings (SSSR count). The summed E-state index contributed by atoms with van der Waals surface area (Å²) in [5, 5.41) is 5.75. The number of rotatable bonds is 6. The summed E-state index contributed by atoms with van der Waals surface area (Å²) in [4.78, 5) is 13.2. The minimum absolute atomic E-state index is 0.253. The fraction of sp³-hybridized carbons (Fsp3) is 0.421. The summed E-state index contributed by atoms with van der Waals surface area (Å²) in [6.07, 6.45) is 1.24. The smallest absolute Gasteiger partial charge is 0.312 e. The average molecular weight is 338 g/mol. The van der Waals surface area contributed by atoms with E-state index in [1.54, 1.807) is 0 Å². The Kier molecular flexibility index (Phi) is 6.18. The highest BCUT2D eigenvalue weighted by Gasteiger charge is 2.24. The number of likely N-dealkylation sites (tertiary alicyclic amines) is 1. The van der Waals surface area contributed by atoms with Crippen LogP contribution in [0.15, 0.2) is 37.1 Å². The van der Waals surface area contributed by atoms with E-state index in [0.29, 0.717) is 23.0 Å². The molecule has 1 aliphatic heterocycles. The highest BCUT2D eigenvalue weighted by molar-refractivity contribution is 6.32. The number of nitrogens with one attached hydrogen (secondary N) is 2. The number of anilines is 1. The van der Waals surface area contributed by atoms with Gasteiger partial charge in [-0.25, -0.2) is 4.79 Å². The molecule has 132 valence electrons. The van der Waals surface area contributed by atoms with E-state index in [2.05, 4.69) is 42.5 Å². The zero-order valence-corrected chi connectivity index (χ0v) is 15.1. The van der Waals surface area contributed by atoms with Gasteiger partial charge in [-0.2, -0.15) is 0 Å². The fourth-order valence-corrected chi connectivity index (χ4v) is 3.39. The van der Waals surface area contributed by atoms with Gasteiger partial charge < -0.3 is 21.3 Å². The monoisotopic (exact) mass is 338 g/mol. The molecule has 0 aromatic heterocycles. The molecule has 1 aliphatic rings. The number of primary amides is 1. The Balaban J connectivity index is 2.18. The Hall–Kier alpha value is -2.37. The Labute approximate surface area is 151 Å². The lowest BCUT2D eigenvalue weighted by Crippen LogP contribution is -2.37. The summed E-state index contributed by atoms with van der Waals surface area (Å²) in [5.74, 6) is 1.26. The Bertz CT molecular complexity index is 663. The molecule has 2 radical (unpaired) electrons. The third kappa shape index (κ3) is 5.31. The van der Waals surface area contributed by atoms with Crippen LogP contribution in [0.5, 0.6) is 0 Å². The van der Waals surface area contributed by atoms with Gasteiger partial charge in [-0.3, -0.25) is 0 Å². The molecule has 6 heteroatoms. The normalized spacial score (nSPS) is 20.0. The predicted molar refractivity (Wildman–Crippen MR) is 106 cm³/mol. The van der Waals surface area contributed by atoms with Crippen LogP contribution in [0, 0.1) is 11.8 Å². The maximum Gasteiger partial charge on any atom is 0.312 e. The van der Waals surface area contributed by atoms with Crippen LogP contribution in [-0.2, 0) is 0 Å². The molecule has 1 aromatic rings. The number of nitrogens with two attached hydrogens (primary N) is 1. The van der Waals surface area contributed by atoms with Gasteiger partial charge in [-0.15, -0.1) is 0 Å². The second-order valence-electron chi connectivity index (χ2n) is 7.05. The van der Waals surface area contributed by atoms with Crippen molar-refractivity contribution in [3.8, 4) is 0 Å². The molecular weight excluding hydrogens is 311 g/mol. The number of hydrogen-bond donors (Lipinski definition) is 3. The lowest BCUT2D eigenvalue weighted by atomic mass is 9.89. The molecule has 2 amide bonds. The van der Waals surface area contributed by atoms with Crippen molar-refractivity contribution in [2.75, 3.05) is 25.0 Å². The summed E-state index contributed by atoms with van der Waals surface area (Å²) >= 11 is 0. The molecule has 1 aromatic carbocycles. The molecule has 0 bridgehead atoms. The number of carbonyl (C=O) groups is 1. The molecule has 1 fully saturated rings. The summed E-state index contributed by atoms with van der Waals surface area (Å²) < 4.78 is 0. The van der Waals surface area contributed by atoms with Gasteiger partial charge >= 0.3 is 6.03 Å². The van der Waals surface area contributed by atoms with Crippen LogP contribution in [0.3, 0.4) is 0 Å². The van der Waals surface area contributed by atoms with Crippen LogP contribution in [0.4, 0.5) is 10.5 Å². The van der Waals surface area contributed by atoms with Gasteiger partial charge in [0, 0.05) is 35.7 Å². The molecular formula is C19H27BN4O. The van der Waals surface area contributed by atoms with Gasteiger partial charge in [0.15, 0.2) is 0 Å². The molecule has 0 spiro atoms. The lowest BCUT2D eigenvalue weighted by molar-refractivity contribution is 0.204. The first-order chi connectivity index (χ1) is 11.8. The molecule has 0 saturated carbocycles. The van der Waals surface area contributed by atoms with Crippen LogP contribution < -0.4 is 21.8 Å². The van der Waals surface area contributed by atoms with Crippen LogP contribution in [0.1, 0.15) is 25.8 Å². The molecule has 25 heavy (non-hydrogen) atoms. The summed E-state index contributed by atoms with van der Waals surface area (Å²) in [5.41, 5.74) is 9.17. The van der Waals surface area contributed by atoms with E-state index >= 15 is 0 Å². The van der Waals surface area contributed by atoms with Crippen LogP contribution in [0.25, 0.3) is 5.70 Å². The number of piperidine rings is 1. The number of benzene rings is 1. The van der Waals surface area contributed by atoms with Crippen LogP contribution >= 0.6 is 0 Å². The van der Waals surface area contributed by atoms with E-state index in [0.717, 1.165) is 30.0 Å². The first kappa shape index (κ1) is 19.0. The van der Waals surface area contributed by atoms with Crippen LogP contribution in [-0.4, -0.2) is 38.4 Å². The van der Waals surface area contributed by atoms with Crippen molar-refractivity contribution >= 4 is 30.7 Å². The van der Waals surface area contributed by atoms with Crippen molar-refractivity contribution in [3.63, 3.8) is 0 Å². The van der Waals surface area contributed by atoms with Crippen molar-refractivity contribution in [1.82, 2.24) is 10.2 Å². The van der Waals surface area contributed by atoms with E-state index < -0.39 is 6.03 Å². The van der Waals surface area contributed by atoms with E-state index in [-0.39, 0.29) is 6.54 Å². The zero-order valence-electron chi connectivity index (χ0n) is 15.1.